The molecule has 5 heteroatoms. The van der Waals surface area contributed by atoms with Gasteiger partial charge in [-0.15, -0.1) is 0 Å². The van der Waals surface area contributed by atoms with Gasteiger partial charge in [0.05, 0.1) is 12.0 Å². The van der Waals surface area contributed by atoms with Gasteiger partial charge < -0.3 is 15.3 Å². The summed E-state index contributed by atoms with van der Waals surface area (Å²) >= 11 is 0. The van der Waals surface area contributed by atoms with Crippen LogP contribution in [0.15, 0.2) is 24.3 Å². The van der Waals surface area contributed by atoms with E-state index in [1.165, 1.54) is 12.1 Å². The van der Waals surface area contributed by atoms with Crippen LogP contribution in [-0.4, -0.2) is 48.1 Å². The number of carbonyl (C=O) groups is 2. The number of aromatic carboxylic acids is 1. The van der Waals surface area contributed by atoms with Gasteiger partial charge in [-0.2, -0.15) is 0 Å². The van der Waals surface area contributed by atoms with Crippen molar-refractivity contribution in [2.45, 2.75) is 38.8 Å². The van der Waals surface area contributed by atoms with Gasteiger partial charge in [-0.3, -0.25) is 4.79 Å². The lowest BCUT2D eigenvalue weighted by atomic mass is 9.62. The lowest BCUT2D eigenvalue weighted by Crippen LogP contribution is -2.65. The Hall–Kier alpha value is -1.88. The summed E-state index contributed by atoms with van der Waals surface area (Å²) in [6.45, 7) is 4.35. The van der Waals surface area contributed by atoms with E-state index >= 15 is 0 Å². The number of carbonyl (C=O) groups excluding carboxylic acids is 1. The zero-order valence-corrected chi connectivity index (χ0v) is 13.6. The van der Waals surface area contributed by atoms with Crippen LogP contribution in [0.4, 0.5) is 0 Å². The minimum Gasteiger partial charge on any atom is -0.478 e. The van der Waals surface area contributed by atoms with Crippen LogP contribution in [0, 0.1) is 5.41 Å². The maximum Gasteiger partial charge on any atom is 0.335 e. The topological polar surface area (TPSA) is 69.6 Å². The maximum absolute atomic E-state index is 12.2. The fourth-order valence-electron chi connectivity index (χ4n) is 3.22. The van der Waals surface area contributed by atoms with E-state index in [2.05, 4.69) is 38.2 Å². The molecule has 0 spiro atoms. The molecule has 1 saturated carbocycles. The van der Waals surface area contributed by atoms with E-state index < -0.39 is 5.97 Å². The Morgan fingerprint density at radius 1 is 1.27 bits per heavy atom. The van der Waals surface area contributed by atoms with E-state index in [0.717, 1.165) is 12.0 Å². The number of hydrogen-bond donors (Lipinski definition) is 2. The number of nitrogens with one attached hydrogen (secondary N) is 1. The summed E-state index contributed by atoms with van der Waals surface area (Å²) < 4.78 is 0. The van der Waals surface area contributed by atoms with Crippen molar-refractivity contribution in [2.75, 3.05) is 14.1 Å². The van der Waals surface area contributed by atoms with Crippen molar-refractivity contribution in [3.05, 3.63) is 35.4 Å². The highest BCUT2D eigenvalue weighted by molar-refractivity contribution is 5.87. The van der Waals surface area contributed by atoms with Gasteiger partial charge in [-0.1, -0.05) is 26.0 Å². The average molecular weight is 304 g/mol. The first-order valence-corrected chi connectivity index (χ1v) is 7.50. The van der Waals surface area contributed by atoms with Crippen LogP contribution >= 0.6 is 0 Å². The molecule has 2 N–H and O–H groups in total. The smallest absolute Gasteiger partial charge is 0.335 e. The van der Waals surface area contributed by atoms with E-state index in [4.69, 9.17) is 5.11 Å². The summed E-state index contributed by atoms with van der Waals surface area (Å²) in [4.78, 5) is 25.2. The number of carboxylic acid groups (broad SMARTS) is 1. The van der Waals surface area contributed by atoms with Crippen molar-refractivity contribution >= 4 is 11.9 Å². The largest absolute Gasteiger partial charge is 0.478 e. The van der Waals surface area contributed by atoms with E-state index in [9.17, 15) is 9.59 Å². The summed E-state index contributed by atoms with van der Waals surface area (Å²) in [7, 11) is 4.13. The second-order valence-corrected chi connectivity index (χ2v) is 6.84. The molecule has 0 bridgehead atoms. The van der Waals surface area contributed by atoms with Crippen LogP contribution in [0.3, 0.4) is 0 Å². The second kappa shape index (κ2) is 6.08. The Bertz CT molecular complexity index is 564. The fourth-order valence-corrected chi connectivity index (χ4v) is 3.22. The summed E-state index contributed by atoms with van der Waals surface area (Å²) in [5.74, 6) is -0.972. The van der Waals surface area contributed by atoms with Crippen molar-refractivity contribution in [1.82, 2.24) is 10.2 Å². The monoisotopic (exact) mass is 304 g/mol. The molecule has 1 amide bonds. The second-order valence-electron chi connectivity index (χ2n) is 6.84. The first-order chi connectivity index (χ1) is 10.2. The lowest BCUT2D eigenvalue weighted by molar-refractivity contribution is -0.125. The highest BCUT2D eigenvalue weighted by Gasteiger charge is 2.49. The molecule has 1 aromatic rings. The maximum atomic E-state index is 12.2. The molecule has 120 valence electrons. The summed E-state index contributed by atoms with van der Waals surface area (Å²) in [6, 6.07) is 7.11. The molecule has 0 aromatic heterocycles. The molecule has 2 atom stereocenters. The van der Waals surface area contributed by atoms with Gasteiger partial charge in [0.25, 0.3) is 0 Å². The molecule has 1 aliphatic carbocycles. The molecule has 0 saturated heterocycles. The Labute approximate surface area is 131 Å². The molecular formula is C17H24N2O3. The molecule has 1 aromatic carbocycles. The molecule has 2 rings (SSSR count). The van der Waals surface area contributed by atoms with Crippen molar-refractivity contribution in [1.29, 1.82) is 0 Å². The van der Waals surface area contributed by atoms with Crippen LogP contribution in [-0.2, 0) is 11.2 Å². The van der Waals surface area contributed by atoms with Gasteiger partial charge in [-0.25, -0.2) is 4.79 Å². The highest BCUT2D eigenvalue weighted by atomic mass is 16.4. The van der Waals surface area contributed by atoms with Crippen LogP contribution in [0.25, 0.3) is 0 Å². The first-order valence-electron chi connectivity index (χ1n) is 7.50. The number of amides is 1. The quantitative estimate of drug-likeness (QED) is 0.870. The Morgan fingerprint density at radius 3 is 2.32 bits per heavy atom. The summed E-state index contributed by atoms with van der Waals surface area (Å²) in [5, 5.41) is 12.0. The summed E-state index contributed by atoms with van der Waals surface area (Å²) in [6.07, 6.45) is 1.24. The number of rotatable bonds is 5. The zero-order chi connectivity index (χ0) is 16.5. The summed E-state index contributed by atoms with van der Waals surface area (Å²) in [5.41, 5.74) is 1.12. The average Bonchev–Trinajstić information content (AvgIpc) is 2.43. The molecule has 1 fully saturated rings. The molecular weight excluding hydrogens is 280 g/mol. The third-order valence-corrected chi connectivity index (χ3v) is 4.74. The van der Waals surface area contributed by atoms with Crippen molar-refractivity contribution in [3.63, 3.8) is 0 Å². The molecule has 5 nitrogen and oxygen atoms in total. The zero-order valence-electron chi connectivity index (χ0n) is 13.6. The number of nitrogens with zero attached hydrogens (tertiary/aromatic N) is 1. The van der Waals surface area contributed by atoms with Gasteiger partial charge >= 0.3 is 5.97 Å². The molecule has 0 heterocycles. The normalized spacial score (nSPS) is 23.0. The van der Waals surface area contributed by atoms with Crippen LogP contribution in [0.5, 0.6) is 0 Å². The van der Waals surface area contributed by atoms with Crippen molar-refractivity contribution < 1.29 is 14.7 Å². The predicted molar refractivity (Wildman–Crippen MR) is 84.9 cm³/mol. The van der Waals surface area contributed by atoms with Crippen LogP contribution in [0.2, 0.25) is 0 Å². The SMILES string of the molecule is CN(C)C1CC(NC(=O)Cc2ccc(C(=O)O)cc2)C1(C)C. The van der Waals surface area contributed by atoms with E-state index in [1.807, 2.05) is 0 Å². The highest BCUT2D eigenvalue weighted by Crippen LogP contribution is 2.42. The van der Waals surface area contributed by atoms with Crippen molar-refractivity contribution in [2.24, 2.45) is 5.41 Å². The van der Waals surface area contributed by atoms with Gasteiger partial charge in [0, 0.05) is 17.5 Å². The first kappa shape index (κ1) is 16.5. The van der Waals surface area contributed by atoms with Gasteiger partial charge in [0.15, 0.2) is 0 Å². The third kappa shape index (κ3) is 3.30. The lowest BCUT2D eigenvalue weighted by Gasteiger charge is -2.55. The molecule has 2 unspecified atom stereocenters. The Morgan fingerprint density at radius 2 is 1.86 bits per heavy atom. The molecule has 0 radical (unpaired) electrons. The van der Waals surface area contributed by atoms with Crippen molar-refractivity contribution in [3.8, 4) is 0 Å². The van der Waals surface area contributed by atoms with Crippen LogP contribution in [0.1, 0.15) is 36.2 Å². The van der Waals surface area contributed by atoms with Gasteiger partial charge in [0.1, 0.15) is 0 Å². The fraction of sp³-hybridized carbons (Fsp3) is 0.529. The minimum atomic E-state index is -0.957. The number of carboxylic acids is 1. The standard InChI is InChI=1S/C17H24N2O3/c1-17(2)13(10-14(17)19(3)4)18-15(20)9-11-5-7-12(8-6-11)16(21)22/h5-8,13-14H,9-10H2,1-4H3,(H,18,20)(H,21,22). The number of benzene rings is 1. The van der Waals surface area contributed by atoms with Gasteiger partial charge in [0.2, 0.25) is 5.91 Å². The third-order valence-electron chi connectivity index (χ3n) is 4.74. The minimum absolute atomic E-state index is 0.0154. The van der Waals surface area contributed by atoms with Gasteiger partial charge in [-0.05, 0) is 38.2 Å². The molecule has 1 aliphatic rings. The van der Waals surface area contributed by atoms with E-state index in [-0.39, 0.29) is 29.3 Å². The number of hydrogen-bond acceptors (Lipinski definition) is 3. The predicted octanol–water partition coefficient (Wildman–Crippen LogP) is 1.77. The Kier molecular flexibility index (Phi) is 4.56. The molecule has 22 heavy (non-hydrogen) atoms. The van der Waals surface area contributed by atoms with Crippen LogP contribution < -0.4 is 5.32 Å². The molecule has 0 aliphatic heterocycles. The van der Waals surface area contributed by atoms with E-state index in [1.54, 1.807) is 12.1 Å². The Balaban J connectivity index is 1.90. The van der Waals surface area contributed by atoms with E-state index in [0.29, 0.717) is 6.04 Å².